The van der Waals surface area contributed by atoms with Crippen molar-refractivity contribution in [2.24, 2.45) is 0 Å². The molecule has 10 nitrogen and oxygen atoms in total. The van der Waals surface area contributed by atoms with Gasteiger partial charge in [-0.3, -0.25) is 29.4 Å². The first-order valence-corrected chi connectivity index (χ1v) is 13.1. The summed E-state index contributed by atoms with van der Waals surface area (Å²) < 4.78 is 0. The average Bonchev–Trinajstić information content (AvgIpc) is 3.29. The third-order valence-electron chi connectivity index (χ3n) is 7.58. The van der Waals surface area contributed by atoms with E-state index in [1.807, 2.05) is 53.4 Å². The van der Waals surface area contributed by atoms with E-state index in [1.54, 1.807) is 17.3 Å². The van der Waals surface area contributed by atoms with Crippen LogP contribution in [0.3, 0.4) is 0 Å². The number of benzene rings is 2. The van der Waals surface area contributed by atoms with Crippen LogP contribution < -0.4 is 5.32 Å². The molecule has 198 valence electrons. The highest BCUT2D eigenvalue weighted by Crippen LogP contribution is 2.28. The van der Waals surface area contributed by atoms with Gasteiger partial charge in [0.2, 0.25) is 11.8 Å². The second-order valence-electron chi connectivity index (χ2n) is 10.1. The number of hydrogen-bond donors (Lipinski definition) is 1. The van der Waals surface area contributed by atoms with Gasteiger partial charge in [0.25, 0.3) is 11.8 Å². The van der Waals surface area contributed by atoms with Crippen LogP contribution in [0.4, 0.5) is 0 Å². The summed E-state index contributed by atoms with van der Waals surface area (Å²) in [6, 6.07) is 14.9. The first-order chi connectivity index (χ1) is 19.0. The van der Waals surface area contributed by atoms with Crippen LogP contribution in [0.25, 0.3) is 11.4 Å². The standard InChI is InChI=1S/C29H28N6O4/c36-25-9-8-24(27(37)32-25)35-18-21-14-19(6-7-23(21)29(35)39)17-33-10-12-34(13-11-33)28(38)22-15-30-26(31-16-22)20-4-2-1-3-5-20/h1-7,14-16,24H,8-13,17-18H2,(H,32,36,37). The summed E-state index contributed by atoms with van der Waals surface area (Å²) in [6.45, 7) is 3.73. The van der Waals surface area contributed by atoms with Crippen molar-refractivity contribution in [1.82, 2.24) is 30.0 Å². The van der Waals surface area contributed by atoms with Gasteiger partial charge < -0.3 is 9.80 Å². The van der Waals surface area contributed by atoms with Gasteiger partial charge in [0, 0.05) is 69.2 Å². The van der Waals surface area contributed by atoms with Crippen LogP contribution in [0.2, 0.25) is 0 Å². The quantitative estimate of drug-likeness (QED) is 0.507. The van der Waals surface area contributed by atoms with E-state index in [0.717, 1.165) is 29.8 Å². The van der Waals surface area contributed by atoms with Crippen molar-refractivity contribution in [3.8, 4) is 11.4 Å². The van der Waals surface area contributed by atoms with Crippen LogP contribution in [0, 0.1) is 0 Å². The maximum Gasteiger partial charge on any atom is 0.257 e. The fourth-order valence-electron chi connectivity index (χ4n) is 5.45. The Morgan fingerprint density at radius 2 is 1.69 bits per heavy atom. The number of nitrogens with one attached hydrogen (secondary N) is 1. The molecule has 0 radical (unpaired) electrons. The van der Waals surface area contributed by atoms with Gasteiger partial charge in [-0.05, 0) is 23.6 Å². The Morgan fingerprint density at radius 1 is 0.949 bits per heavy atom. The number of carbonyl (C=O) groups excluding carboxylic acids is 4. The van der Waals surface area contributed by atoms with Gasteiger partial charge in [0.15, 0.2) is 5.82 Å². The molecule has 0 aliphatic carbocycles. The Balaban J connectivity index is 1.04. The van der Waals surface area contributed by atoms with Crippen molar-refractivity contribution < 1.29 is 19.2 Å². The monoisotopic (exact) mass is 524 g/mol. The van der Waals surface area contributed by atoms with E-state index in [2.05, 4.69) is 20.2 Å². The van der Waals surface area contributed by atoms with Crippen molar-refractivity contribution in [2.75, 3.05) is 26.2 Å². The SMILES string of the molecule is O=C1CCC(N2Cc3cc(CN4CCN(C(=O)c5cnc(-c6ccccc6)nc5)CC4)ccc3C2=O)C(=O)N1. The highest BCUT2D eigenvalue weighted by Gasteiger charge is 2.39. The molecular formula is C29H28N6O4. The molecule has 39 heavy (non-hydrogen) atoms. The van der Waals surface area contributed by atoms with Gasteiger partial charge in [-0.1, -0.05) is 42.5 Å². The van der Waals surface area contributed by atoms with E-state index in [4.69, 9.17) is 0 Å². The molecule has 3 aromatic rings. The molecule has 0 spiro atoms. The maximum absolute atomic E-state index is 13.0. The summed E-state index contributed by atoms with van der Waals surface area (Å²) in [6.07, 6.45) is 3.77. The van der Waals surface area contributed by atoms with Gasteiger partial charge >= 0.3 is 0 Å². The molecule has 3 aliphatic heterocycles. The van der Waals surface area contributed by atoms with Crippen molar-refractivity contribution in [3.63, 3.8) is 0 Å². The Bertz CT molecular complexity index is 1430. The summed E-state index contributed by atoms with van der Waals surface area (Å²) >= 11 is 0. The van der Waals surface area contributed by atoms with E-state index >= 15 is 0 Å². The van der Waals surface area contributed by atoms with Gasteiger partial charge in [0.05, 0.1) is 5.56 Å². The third kappa shape index (κ3) is 5.03. The molecule has 1 unspecified atom stereocenters. The van der Waals surface area contributed by atoms with E-state index < -0.39 is 11.9 Å². The number of piperidine rings is 1. The highest BCUT2D eigenvalue weighted by molar-refractivity contribution is 6.05. The van der Waals surface area contributed by atoms with Crippen LogP contribution in [-0.2, 0) is 22.7 Å². The number of fused-ring (bicyclic) bond motifs is 1. The topological polar surface area (TPSA) is 116 Å². The van der Waals surface area contributed by atoms with Crippen LogP contribution in [0.5, 0.6) is 0 Å². The minimum Gasteiger partial charge on any atom is -0.336 e. The van der Waals surface area contributed by atoms with Crippen LogP contribution in [0.1, 0.15) is 44.7 Å². The molecule has 0 bridgehead atoms. The van der Waals surface area contributed by atoms with E-state index in [1.165, 1.54) is 0 Å². The smallest absolute Gasteiger partial charge is 0.257 e. The second-order valence-corrected chi connectivity index (χ2v) is 10.1. The molecule has 1 aromatic heterocycles. The molecule has 3 aliphatic rings. The van der Waals surface area contributed by atoms with Gasteiger partial charge in [-0.2, -0.15) is 0 Å². The zero-order valence-electron chi connectivity index (χ0n) is 21.4. The Hall–Kier alpha value is -4.44. The molecule has 4 amide bonds. The van der Waals surface area contributed by atoms with E-state index in [9.17, 15) is 19.2 Å². The molecule has 2 fully saturated rings. The molecule has 4 heterocycles. The lowest BCUT2D eigenvalue weighted by Crippen LogP contribution is -2.52. The highest BCUT2D eigenvalue weighted by atomic mass is 16.2. The molecule has 1 N–H and O–H groups in total. The predicted molar refractivity (Wildman–Crippen MR) is 141 cm³/mol. The van der Waals surface area contributed by atoms with Crippen LogP contribution in [-0.4, -0.2) is 80.5 Å². The average molecular weight is 525 g/mol. The molecule has 1 atom stereocenters. The zero-order valence-corrected chi connectivity index (χ0v) is 21.4. The predicted octanol–water partition coefficient (Wildman–Crippen LogP) is 1.86. The number of aromatic nitrogens is 2. The zero-order chi connectivity index (χ0) is 26.9. The summed E-state index contributed by atoms with van der Waals surface area (Å²) in [5.41, 5.74) is 3.97. The number of hydrogen-bond acceptors (Lipinski definition) is 7. The largest absolute Gasteiger partial charge is 0.336 e. The van der Waals surface area contributed by atoms with Crippen LogP contribution >= 0.6 is 0 Å². The fraction of sp³-hybridized carbons (Fsp3) is 0.310. The number of nitrogens with zero attached hydrogens (tertiary/aromatic N) is 5. The number of piperazine rings is 1. The molecule has 0 saturated carbocycles. The maximum atomic E-state index is 13.0. The molecular weight excluding hydrogens is 496 g/mol. The van der Waals surface area contributed by atoms with Gasteiger partial charge in [-0.15, -0.1) is 0 Å². The minimum atomic E-state index is -0.614. The summed E-state index contributed by atoms with van der Waals surface area (Å²) in [5.74, 6) is -0.344. The van der Waals surface area contributed by atoms with E-state index in [0.29, 0.717) is 49.6 Å². The number of imide groups is 1. The van der Waals surface area contributed by atoms with Crippen LogP contribution in [0.15, 0.2) is 60.9 Å². The lowest BCUT2D eigenvalue weighted by molar-refractivity contribution is -0.136. The third-order valence-corrected chi connectivity index (χ3v) is 7.58. The first-order valence-electron chi connectivity index (χ1n) is 13.1. The van der Waals surface area contributed by atoms with Crippen molar-refractivity contribution in [3.05, 3.63) is 83.2 Å². The molecule has 10 heteroatoms. The Morgan fingerprint density at radius 3 is 2.41 bits per heavy atom. The van der Waals surface area contributed by atoms with E-state index in [-0.39, 0.29) is 24.1 Å². The van der Waals surface area contributed by atoms with Gasteiger partial charge in [0.1, 0.15) is 6.04 Å². The molecule has 2 aromatic carbocycles. The summed E-state index contributed by atoms with van der Waals surface area (Å²) in [5, 5.41) is 2.34. The Kier molecular flexibility index (Phi) is 6.62. The lowest BCUT2D eigenvalue weighted by atomic mass is 10.0. The molecule has 6 rings (SSSR count). The second kappa shape index (κ2) is 10.4. The fourth-order valence-corrected chi connectivity index (χ4v) is 5.45. The number of carbonyl (C=O) groups is 4. The lowest BCUT2D eigenvalue weighted by Gasteiger charge is -2.34. The normalized spacial score (nSPS) is 19.7. The minimum absolute atomic E-state index is 0.0705. The van der Waals surface area contributed by atoms with Gasteiger partial charge in [-0.25, -0.2) is 9.97 Å². The summed E-state index contributed by atoms with van der Waals surface area (Å²) in [4.78, 5) is 64.2. The first kappa shape index (κ1) is 24.9. The number of rotatable bonds is 5. The summed E-state index contributed by atoms with van der Waals surface area (Å²) in [7, 11) is 0. The Labute approximate surface area is 225 Å². The van der Waals surface area contributed by atoms with Crippen molar-refractivity contribution in [1.29, 1.82) is 0 Å². The number of amides is 4. The van der Waals surface area contributed by atoms with Crippen molar-refractivity contribution >= 4 is 23.6 Å². The molecule has 2 saturated heterocycles. The van der Waals surface area contributed by atoms with Crippen molar-refractivity contribution in [2.45, 2.75) is 32.0 Å².